The Hall–Kier alpha value is -1.89. The van der Waals surface area contributed by atoms with Crippen LogP contribution in [0.1, 0.15) is 38.6 Å². The maximum absolute atomic E-state index is 12.2. The summed E-state index contributed by atoms with van der Waals surface area (Å²) in [6.07, 6.45) is 0.901. The van der Waals surface area contributed by atoms with Crippen molar-refractivity contribution in [3.8, 4) is 0 Å². The fourth-order valence-corrected chi connectivity index (χ4v) is 4.11. The second-order valence-corrected chi connectivity index (χ2v) is 8.10. The molecule has 2 rings (SSSR count). The number of carbonyl (C=O) groups excluding carboxylic acids is 2. The lowest BCUT2D eigenvalue weighted by atomic mass is 10.1. The van der Waals surface area contributed by atoms with E-state index in [4.69, 9.17) is 11.6 Å². The fourth-order valence-electron chi connectivity index (χ4n) is 2.82. The molecule has 0 spiro atoms. The Morgan fingerprint density at radius 1 is 1.22 bits per heavy atom. The quantitative estimate of drug-likeness (QED) is 0.704. The zero-order valence-corrected chi connectivity index (χ0v) is 17.7. The number of thiophene rings is 1. The molecule has 0 aliphatic rings. The van der Waals surface area contributed by atoms with E-state index in [-0.39, 0.29) is 24.4 Å². The normalized spacial score (nSPS) is 12.1. The summed E-state index contributed by atoms with van der Waals surface area (Å²) < 4.78 is 0. The van der Waals surface area contributed by atoms with Crippen molar-refractivity contribution in [3.05, 3.63) is 56.2 Å². The molecule has 2 N–H and O–H groups in total. The van der Waals surface area contributed by atoms with Gasteiger partial charge in [0.1, 0.15) is 0 Å². The molecule has 0 bridgehead atoms. The first-order valence-electron chi connectivity index (χ1n) is 8.88. The minimum Gasteiger partial charge on any atom is -0.353 e. The van der Waals surface area contributed by atoms with E-state index in [1.54, 1.807) is 0 Å². The zero-order valence-electron chi connectivity index (χ0n) is 16.1. The zero-order chi connectivity index (χ0) is 20.0. The molecule has 0 radical (unpaired) electrons. The molecular formula is C20H26ClN3O2S. The molecule has 0 saturated heterocycles. The third-order valence-electron chi connectivity index (χ3n) is 4.36. The summed E-state index contributed by atoms with van der Waals surface area (Å²) in [7, 11) is 3.87. The Morgan fingerprint density at radius 2 is 1.93 bits per heavy atom. The molecule has 1 aromatic carbocycles. The van der Waals surface area contributed by atoms with E-state index < -0.39 is 0 Å². The third kappa shape index (κ3) is 5.79. The van der Waals surface area contributed by atoms with Crippen molar-refractivity contribution in [2.75, 3.05) is 27.2 Å². The van der Waals surface area contributed by atoms with Gasteiger partial charge in [-0.1, -0.05) is 36.7 Å². The maximum Gasteiger partial charge on any atom is 0.261 e. The first kappa shape index (κ1) is 21.4. The van der Waals surface area contributed by atoms with Crippen LogP contribution in [0, 0.1) is 6.92 Å². The van der Waals surface area contributed by atoms with Gasteiger partial charge in [0, 0.05) is 16.4 Å². The molecule has 0 fully saturated rings. The molecule has 1 heterocycles. The Bertz CT molecular complexity index is 804. The van der Waals surface area contributed by atoms with Crippen LogP contribution in [0.4, 0.5) is 0 Å². The van der Waals surface area contributed by atoms with Crippen molar-refractivity contribution in [1.82, 2.24) is 15.5 Å². The van der Waals surface area contributed by atoms with Gasteiger partial charge in [0.25, 0.3) is 5.91 Å². The van der Waals surface area contributed by atoms with Crippen molar-refractivity contribution >= 4 is 34.8 Å². The average molecular weight is 408 g/mol. The average Bonchev–Trinajstić information content (AvgIpc) is 3.02. The number of hydrogen-bond donors (Lipinski definition) is 2. The number of aryl methyl sites for hydroxylation is 2. The first-order valence-corrected chi connectivity index (χ1v) is 10.1. The van der Waals surface area contributed by atoms with Gasteiger partial charge in [-0.15, -0.1) is 11.3 Å². The molecule has 146 valence electrons. The van der Waals surface area contributed by atoms with Crippen molar-refractivity contribution < 1.29 is 9.59 Å². The van der Waals surface area contributed by atoms with Gasteiger partial charge in [-0.25, -0.2) is 0 Å². The Balaban J connectivity index is 1.89. The molecule has 2 aromatic rings. The number of rotatable bonds is 8. The standard InChI is InChI=1S/C20H26ClN3O2S/c1-5-17-13(2)10-18(27-17)20(26)23-12-19(25)22-11-16(24(3)4)14-8-6-7-9-15(14)21/h6-10,16H,5,11-12H2,1-4H3,(H,22,25)(H,23,26)/t16-/m0/s1. The molecular weight excluding hydrogens is 382 g/mol. The predicted octanol–water partition coefficient (Wildman–Crippen LogP) is 3.42. The van der Waals surface area contributed by atoms with Crippen molar-refractivity contribution in [2.45, 2.75) is 26.3 Å². The molecule has 0 aliphatic heterocycles. The van der Waals surface area contributed by atoms with Crippen LogP contribution < -0.4 is 10.6 Å². The summed E-state index contributed by atoms with van der Waals surface area (Å²) in [6.45, 7) is 4.41. The first-order chi connectivity index (χ1) is 12.8. The summed E-state index contributed by atoms with van der Waals surface area (Å²) in [6, 6.07) is 9.41. The summed E-state index contributed by atoms with van der Waals surface area (Å²) >= 11 is 7.76. The number of nitrogens with zero attached hydrogens (tertiary/aromatic N) is 1. The van der Waals surface area contributed by atoms with Crippen LogP contribution in [0.3, 0.4) is 0 Å². The summed E-state index contributed by atoms with van der Waals surface area (Å²) in [5, 5.41) is 6.23. The molecule has 7 heteroatoms. The van der Waals surface area contributed by atoms with Crippen molar-refractivity contribution in [3.63, 3.8) is 0 Å². The predicted molar refractivity (Wildman–Crippen MR) is 112 cm³/mol. The lowest BCUT2D eigenvalue weighted by Gasteiger charge is -2.26. The van der Waals surface area contributed by atoms with Crippen LogP contribution in [0.5, 0.6) is 0 Å². The number of halogens is 1. The molecule has 1 aromatic heterocycles. The lowest BCUT2D eigenvalue weighted by molar-refractivity contribution is -0.120. The van der Waals surface area contributed by atoms with E-state index in [2.05, 4.69) is 17.6 Å². The Labute approximate surface area is 169 Å². The van der Waals surface area contributed by atoms with Crippen molar-refractivity contribution in [1.29, 1.82) is 0 Å². The van der Waals surface area contributed by atoms with Gasteiger partial charge in [0.2, 0.25) is 5.91 Å². The minimum absolute atomic E-state index is 0.0505. The van der Waals surface area contributed by atoms with Crippen LogP contribution >= 0.6 is 22.9 Å². The van der Waals surface area contributed by atoms with E-state index >= 15 is 0 Å². The van der Waals surface area contributed by atoms with Gasteiger partial charge in [0.05, 0.1) is 17.5 Å². The van der Waals surface area contributed by atoms with E-state index in [0.717, 1.165) is 17.5 Å². The van der Waals surface area contributed by atoms with Crippen LogP contribution in [-0.4, -0.2) is 43.9 Å². The second kappa shape index (κ2) is 9.88. The molecule has 2 amide bonds. The number of hydrogen-bond acceptors (Lipinski definition) is 4. The van der Waals surface area contributed by atoms with Gasteiger partial charge in [-0.2, -0.15) is 0 Å². The number of nitrogens with one attached hydrogen (secondary N) is 2. The molecule has 0 unspecified atom stereocenters. The highest BCUT2D eigenvalue weighted by Crippen LogP contribution is 2.25. The monoisotopic (exact) mass is 407 g/mol. The van der Waals surface area contributed by atoms with E-state index in [0.29, 0.717) is 16.4 Å². The van der Waals surface area contributed by atoms with Crippen LogP contribution in [0.25, 0.3) is 0 Å². The van der Waals surface area contributed by atoms with Gasteiger partial charge in [-0.05, 0) is 50.7 Å². The molecule has 5 nitrogen and oxygen atoms in total. The van der Waals surface area contributed by atoms with E-state index in [1.165, 1.54) is 16.2 Å². The van der Waals surface area contributed by atoms with Gasteiger partial charge < -0.3 is 15.5 Å². The fraction of sp³-hybridized carbons (Fsp3) is 0.400. The molecule has 1 atom stereocenters. The summed E-state index contributed by atoms with van der Waals surface area (Å²) in [4.78, 5) is 28.2. The Kier molecular flexibility index (Phi) is 7.83. The van der Waals surface area contributed by atoms with Gasteiger partial charge in [-0.3, -0.25) is 9.59 Å². The second-order valence-electron chi connectivity index (χ2n) is 6.56. The van der Waals surface area contributed by atoms with Crippen LogP contribution in [-0.2, 0) is 11.2 Å². The lowest BCUT2D eigenvalue weighted by Crippen LogP contribution is -2.40. The number of benzene rings is 1. The Morgan fingerprint density at radius 3 is 2.52 bits per heavy atom. The highest BCUT2D eigenvalue weighted by atomic mass is 35.5. The largest absolute Gasteiger partial charge is 0.353 e. The summed E-state index contributed by atoms with van der Waals surface area (Å²) in [5.74, 6) is -0.445. The minimum atomic E-state index is -0.230. The van der Waals surface area contributed by atoms with Gasteiger partial charge >= 0.3 is 0 Å². The van der Waals surface area contributed by atoms with Crippen LogP contribution in [0.2, 0.25) is 5.02 Å². The molecule has 27 heavy (non-hydrogen) atoms. The maximum atomic E-state index is 12.2. The van der Waals surface area contributed by atoms with Gasteiger partial charge in [0.15, 0.2) is 0 Å². The number of likely N-dealkylation sites (N-methyl/N-ethyl adjacent to an activating group) is 1. The van der Waals surface area contributed by atoms with Crippen LogP contribution in [0.15, 0.2) is 30.3 Å². The highest BCUT2D eigenvalue weighted by molar-refractivity contribution is 7.14. The third-order valence-corrected chi connectivity index (χ3v) is 6.08. The van der Waals surface area contributed by atoms with E-state index in [9.17, 15) is 9.59 Å². The highest BCUT2D eigenvalue weighted by Gasteiger charge is 2.18. The van der Waals surface area contributed by atoms with Crippen molar-refractivity contribution in [2.24, 2.45) is 0 Å². The SMILES string of the molecule is CCc1sc(C(=O)NCC(=O)NC[C@@H](c2ccccc2Cl)N(C)C)cc1C. The summed E-state index contributed by atoms with van der Waals surface area (Å²) in [5.41, 5.74) is 2.07. The molecule has 0 aliphatic carbocycles. The number of amides is 2. The molecule has 0 saturated carbocycles. The topological polar surface area (TPSA) is 61.4 Å². The number of carbonyl (C=O) groups is 2. The smallest absolute Gasteiger partial charge is 0.261 e. The van der Waals surface area contributed by atoms with E-state index in [1.807, 2.05) is 56.3 Å².